The molecule has 0 saturated heterocycles. The minimum atomic E-state index is 0.296. The molecule has 0 heteroatoms. The van der Waals surface area contributed by atoms with Crippen LogP contribution in [0.25, 0.3) is 11.1 Å². The third-order valence-corrected chi connectivity index (χ3v) is 14.7. The van der Waals surface area contributed by atoms with Crippen molar-refractivity contribution in [1.82, 2.24) is 0 Å². The highest BCUT2D eigenvalue weighted by Gasteiger charge is 2.46. The molecule has 4 atom stereocenters. The van der Waals surface area contributed by atoms with Crippen molar-refractivity contribution in [3.8, 4) is 0 Å². The van der Waals surface area contributed by atoms with E-state index in [2.05, 4.69) is 111 Å². The molecule has 0 N–H and O–H groups in total. The Hall–Kier alpha value is -3.38. The highest BCUT2D eigenvalue weighted by atomic mass is 14.5. The van der Waals surface area contributed by atoms with E-state index in [4.69, 9.17) is 13.2 Å². The van der Waals surface area contributed by atoms with E-state index in [1.807, 2.05) is 0 Å². The van der Waals surface area contributed by atoms with Gasteiger partial charge in [-0.05, 0) is 203 Å². The van der Waals surface area contributed by atoms with Crippen LogP contribution in [0.15, 0.2) is 102 Å². The van der Waals surface area contributed by atoms with Crippen LogP contribution in [0.1, 0.15) is 181 Å². The molecule has 1 aromatic carbocycles. The highest BCUT2D eigenvalue weighted by Crippen LogP contribution is 2.62. The van der Waals surface area contributed by atoms with Crippen molar-refractivity contribution in [3.05, 3.63) is 136 Å². The molecule has 0 spiro atoms. The number of allylic oxidation sites excluding steroid dienone is 18. The zero-order valence-electron chi connectivity index (χ0n) is 34.3. The van der Waals surface area contributed by atoms with E-state index in [-0.39, 0.29) is 0 Å². The normalized spacial score (nSPS) is 26.8. The lowest BCUT2D eigenvalue weighted by molar-refractivity contribution is 0.774. The van der Waals surface area contributed by atoms with E-state index in [0.29, 0.717) is 35.5 Å². The summed E-state index contributed by atoms with van der Waals surface area (Å²) in [6.07, 6.45) is 2.07. The SMILES string of the molecule is C=C1C2=C(C3=C(C)C(C)=C(C4=C(C)c5c(C(C)C)c6c(c(C(C)C)c5C4C)C(C)=C(C)C6C)C3)C(C)C(=C)C2=C(C2=C(C)C(C)=C(C)C2)C1C. The van der Waals surface area contributed by atoms with Crippen LogP contribution in [-0.4, -0.2) is 0 Å². The second kappa shape index (κ2) is 11.6. The average Bonchev–Trinajstić information content (AvgIpc) is 3.79. The largest absolute Gasteiger partial charge is 0.0946 e. The zero-order chi connectivity index (χ0) is 36.7. The molecule has 0 radical (unpaired) electrons. The Balaban J connectivity index is 1.38. The van der Waals surface area contributed by atoms with E-state index in [1.165, 1.54) is 83.6 Å². The Labute approximate surface area is 305 Å². The molecule has 0 fully saturated rings. The van der Waals surface area contributed by atoms with Crippen molar-refractivity contribution in [2.24, 2.45) is 11.8 Å². The number of hydrogen-bond donors (Lipinski definition) is 0. The Morgan fingerprint density at radius 1 is 0.460 bits per heavy atom. The monoisotopic (exact) mass is 662 g/mol. The van der Waals surface area contributed by atoms with E-state index < -0.39 is 0 Å². The van der Waals surface area contributed by atoms with Gasteiger partial charge in [-0.1, -0.05) is 79.7 Å². The first-order valence-corrected chi connectivity index (χ1v) is 19.6. The van der Waals surface area contributed by atoms with Crippen molar-refractivity contribution in [3.63, 3.8) is 0 Å². The summed E-state index contributed by atoms with van der Waals surface area (Å²) in [6, 6.07) is 0. The van der Waals surface area contributed by atoms with Gasteiger partial charge in [-0.3, -0.25) is 0 Å². The quantitative estimate of drug-likeness (QED) is 0.294. The molecule has 262 valence electrons. The van der Waals surface area contributed by atoms with Gasteiger partial charge >= 0.3 is 0 Å². The molecule has 6 aliphatic carbocycles. The fourth-order valence-corrected chi connectivity index (χ4v) is 11.4. The van der Waals surface area contributed by atoms with Crippen LogP contribution in [0.4, 0.5) is 0 Å². The van der Waals surface area contributed by atoms with Crippen LogP contribution in [0.2, 0.25) is 0 Å². The molecular formula is C50H62. The first-order valence-electron chi connectivity index (χ1n) is 19.6. The minimum absolute atomic E-state index is 0.296. The third-order valence-electron chi connectivity index (χ3n) is 14.7. The lowest BCUT2D eigenvalue weighted by Gasteiger charge is -2.28. The Morgan fingerprint density at radius 3 is 1.30 bits per heavy atom. The van der Waals surface area contributed by atoms with Crippen molar-refractivity contribution in [2.45, 2.75) is 147 Å². The summed E-state index contributed by atoms with van der Waals surface area (Å²) in [7, 11) is 0. The molecule has 0 heterocycles. The second-order valence-corrected chi connectivity index (χ2v) is 17.6. The summed E-state index contributed by atoms with van der Waals surface area (Å²) in [4.78, 5) is 0. The summed E-state index contributed by atoms with van der Waals surface area (Å²) in [5, 5.41) is 0. The van der Waals surface area contributed by atoms with Gasteiger partial charge < -0.3 is 0 Å². The van der Waals surface area contributed by atoms with Gasteiger partial charge in [0.25, 0.3) is 0 Å². The average molecular weight is 663 g/mol. The molecule has 50 heavy (non-hydrogen) atoms. The minimum Gasteiger partial charge on any atom is -0.0946 e. The molecule has 0 aliphatic heterocycles. The molecule has 0 bridgehead atoms. The summed E-state index contributed by atoms with van der Waals surface area (Å²) in [6.45, 7) is 48.1. The van der Waals surface area contributed by atoms with Crippen LogP contribution in [-0.2, 0) is 0 Å². The van der Waals surface area contributed by atoms with E-state index in [0.717, 1.165) is 12.8 Å². The summed E-state index contributed by atoms with van der Waals surface area (Å²) in [5.74, 6) is 2.42. The van der Waals surface area contributed by atoms with Crippen molar-refractivity contribution < 1.29 is 0 Å². The summed E-state index contributed by atoms with van der Waals surface area (Å²) in [5.41, 5.74) is 36.4. The number of hydrogen-bond acceptors (Lipinski definition) is 0. The van der Waals surface area contributed by atoms with Crippen molar-refractivity contribution >= 4 is 11.1 Å². The summed E-state index contributed by atoms with van der Waals surface area (Å²) >= 11 is 0. The lowest BCUT2D eigenvalue weighted by Crippen LogP contribution is -2.12. The van der Waals surface area contributed by atoms with Gasteiger partial charge in [0.2, 0.25) is 0 Å². The fraction of sp³-hybridized carbons (Fsp3) is 0.480. The van der Waals surface area contributed by atoms with Crippen molar-refractivity contribution in [2.75, 3.05) is 0 Å². The Morgan fingerprint density at radius 2 is 0.860 bits per heavy atom. The standard InChI is InChI=1S/C50H62/c1-21(2)40-45-29(11)25(7)30(12)46(45)41(22(3)4)50-36(18)42(35(17)49(40)50)38-20-39(28(10)27(38)9)44-32(14)34(16)47-43(31(13)33(15)48(44)47)37-19-23(5)24(6)26(37)8/h21-22,29,31-32,36H,15-16,19-20H2,1-14,17-18H3. The first kappa shape index (κ1) is 35.0. The van der Waals surface area contributed by atoms with E-state index in [1.54, 1.807) is 50.1 Å². The number of benzene rings is 1. The Kier molecular flexibility index (Phi) is 8.11. The van der Waals surface area contributed by atoms with E-state index >= 15 is 0 Å². The van der Waals surface area contributed by atoms with Crippen LogP contribution in [0.5, 0.6) is 0 Å². The number of rotatable bonds is 5. The van der Waals surface area contributed by atoms with Crippen molar-refractivity contribution in [1.29, 1.82) is 0 Å². The van der Waals surface area contributed by atoms with Gasteiger partial charge in [0, 0.05) is 23.7 Å². The smallest absolute Gasteiger partial charge is 0.00759 e. The second-order valence-electron chi connectivity index (χ2n) is 17.6. The predicted molar refractivity (Wildman–Crippen MR) is 219 cm³/mol. The molecule has 0 saturated carbocycles. The van der Waals surface area contributed by atoms with Gasteiger partial charge in [0.15, 0.2) is 0 Å². The maximum Gasteiger partial charge on any atom is 0.00759 e. The van der Waals surface area contributed by atoms with E-state index in [9.17, 15) is 0 Å². The molecule has 0 amide bonds. The first-order chi connectivity index (χ1) is 23.4. The molecule has 0 aromatic heterocycles. The highest BCUT2D eigenvalue weighted by molar-refractivity contribution is 5.92. The maximum absolute atomic E-state index is 4.82. The van der Waals surface area contributed by atoms with Gasteiger partial charge in [-0.25, -0.2) is 0 Å². The molecular weight excluding hydrogens is 601 g/mol. The molecule has 4 unspecified atom stereocenters. The van der Waals surface area contributed by atoms with Crippen LogP contribution < -0.4 is 0 Å². The molecule has 1 aromatic rings. The van der Waals surface area contributed by atoms with Gasteiger partial charge in [0.05, 0.1) is 0 Å². The molecule has 0 nitrogen and oxygen atoms in total. The number of fused-ring (bicyclic) bond motifs is 3. The Bertz CT molecular complexity index is 2130. The predicted octanol–water partition coefficient (Wildman–Crippen LogP) is 14.8. The molecule has 7 rings (SSSR count). The summed E-state index contributed by atoms with van der Waals surface area (Å²) < 4.78 is 0. The van der Waals surface area contributed by atoms with Gasteiger partial charge in [-0.2, -0.15) is 0 Å². The third kappa shape index (κ3) is 4.29. The lowest BCUT2D eigenvalue weighted by atomic mass is 9.75. The van der Waals surface area contributed by atoms with Crippen LogP contribution >= 0.6 is 0 Å². The van der Waals surface area contributed by atoms with Gasteiger partial charge in [-0.15, -0.1) is 0 Å². The fourth-order valence-electron chi connectivity index (χ4n) is 11.4. The maximum atomic E-state index is 4.82. The molecule has 6 aliphatic rings. The zero-order valence-corrected chi connectivity index (χ0v) is 34.3. The van der Waals surface area contributed by atoms with Crippen LogP contribution in [0.3, 0.4) is 0 Å². The van der Waals surface area contributed by atoms with Crippen LogP contribution in [0, 0.1) is 11.8 Å². The van der Waals surface area contributed by atoms with Gasteiger partial charge in [0.1, 0.15) is 0 Å². The topological polar surface area (TPSA) is 0 Å².